The van der Waals surface area contributed by atoms with E-state index in [1.165, 1.54) is 22.0 Å². The van der Waals surface area contributed by atoms with Crippen LogP contribution in [0.5, 0.6) is 0 Å². The molecule has 0 aliphatic carbocycles. The molecule has 0 atom stereocenters. The summed E-state index contributed by atoms with van der Waals surface area (Å²) in [4.78, 5) is 4.13. The van der Waals surface area contributed by atoms with Gasteiger partial charge in [-0.2, -0.15) is 4.31 Å². The van der Waals surface area contributed by atoms with Gasteiger partial charge in [0.05, 0.1) is 4.90 Å². The Morgan fingerprint density at radius 1 is 0.889 bits per heavy atom. The van der Waals surface area contributed by atoms with Crippen molar-refractivity contribution in [1.82, 2.24) is 9.29 Å². The van der Waals surface area contributed by atoms with Crippen molar-refractivity contribution in [2.75, 3.05) is 0 Å². The third-order valence-corrected chi connectivity index (χ3v) is 6.13. The largest absolute Gasteiger partial charge is 0.264 e. The van der Waals surface area contributed by atoms with Crippen molar-refractivity contribution in [3.63, 3.8) is 0 Å². The van der Waals surface area contributed by atoms with Crippen LogP contribution < -0.4 is 0 Å². The fourth-order valence-electron chi connectivity index (χ4n) is 2.76. The molecule has 0 aliphatic rings. The van der Waals surface area contributed by atoms with Gasteiger partial charge in [0.25, 0.3) is 0 Å². The van der Waals surface area contributed by atoms with E-state index in [-0.39, 0.29) is 18.0 Å². The van der Waals surface area contributed by atoms with E-state index in [0.717, 1.165) is 29.7 Å². The van der Waals surface area contributed by atoms with Crippen LogP contribution >= 0.6 is 0 Å². The third kappa shape index (κ3) is 4.78. The van der Waals surface area contributed by atoms with E-state index in [1.54, 1.807) is 18.5 Å². The van der Waals surface area contributed by atoms with Crippen molar-refractivity contribution < 1.29 is 12.8 Å². The predicted octanol–water partition coefficient (Wildman–Crippen LogP) is 4.17. The van der Waals surface area contributed by atoms with Crippen molar-refractivity contribution >= 4 is 10.0 Å². The van der Waals surface area contributed by atoms with Crippen LogP contribution in [0.4, 0.5) is 4.39 Å². The van der Waals surface area contributed by atoms with E-state index in [4.69, 9.17) is 0 Å². The molecule has 0 aliphatic heterocycles. The number of sulfonamides is 1. The standard InChI is InChI=1S/C21H21FN2O2S/c1-2-17-5-7-18(8-6-17)15-24(16-19-4-3-13-23-14-19)27(25,26)21-11-9-20(22)10-12-21/h3-14H,2,15-16H2,1H3. The number of benzene rings is 2. The number of nitrogens with zero attached hydrogens (tertiary/aromatic N) is 2. The number of aryl methyl sites for hydroxylation is 1. The van der Waals surface area contributed by atoms with Crippen LogP contribution in [-0.4, -0.2) is 17.7 Å². The molecular formula is C21H21FN2O2S. The van der Waals surface area contributed by atoms with Gasteiger partial charge >= 0.3 is 0 Å². The lowest BCUT2D eigenvalue weighted by Gasteiger charge is -2.22. The molecule has 0 saturated heterocycles. The first-order valence-electron chi connectivity index (χ1n) is 8.71. The Morgan fingerprint density at radius 3 is 2.11 bits per heavy atom. The second-order valence-corrected chi connectivity index (χ2v) is 8.20. The lowest BCUT2D eigenvalue weighted by atomic mass is 10.1. The molecule has 3 aromatic rings. The molecule has 0 fully saturated rings. The first-order chi connectivity index (χ1) is 13.0. The first-order valence-corrected chi connectivity index (χ1v) is 10.2. The monoisotopic (exact) mass is 384 g/mol. The summed E-state index contributed by atoms with van der Waals surface area (Å²) in [5.74, 6) is -0.470. The van der Waals surface area contributed by atoms with Crippen molar-refractivity contribution in [2.45, 2.75) is 31.3 Å². The van der Waals surface area contributed by atoms with Gasteiger partial charge in [-0.1, -0.05) is 37.3 Å². The van der Waals surface area contributed by atoms with Crippen LogP contribution in [0.1, 0.15) is 23.6 Å². The third-order valence-electron chi connectivity index (χ3n) is 4.32. The predicted molar refractivity (Wildman–Crippen MR) is 103 cm³/mol. The normalized spacial score (nSPS) is 11.7. The average Bonchev–Trinajstić information content (AvgIpc) is 2.69. The molecule has 0 saturated carbocycles. The van der Waals surface area contributed by atoms with Crippen molar-refractivity contribution in [2.24, 2.45) is 0 Å². The van der Waals surface area contributed by atoms with Crippen LogP contribution in [0, 0.1) is 5.82 Å². The van der Waals surface area contributed by atoms with Gasteiger partial charge in [-0.05, 0) is 53.4 Å². The Labute approximate surface area is 159 Å². The highest BCUT2D eigenvalue weighted by molar-refractivity contribution is 7.89. The molecular weight excluding hydrogens is 363 g/mol. The lowest BCUT2D eigenvalue weighted by molar-refractivity contribution is 0.400. The Hall–Kier alpha value is -2.57. The SMILES string of the molecule is CCc1ccc(CN(Cc2cccnc2)S(=O)(=O)c2ccc(F)cc2)cc1. The maximum absolute atomic E-state index is 13.2. The van der Waals surface area contributed by atoms with E-state index < -0.39 is 15.8 Å². The fraction of sp³-hybridized carbons (Fsp3) is 0.190. The zero-order valence-electron chi connectivity index (χ0n) is 15.0. The molecule has 0 amide bonds. The maximum atomic E-state index is 13.2. The Kier molecular flexibility index (Phi) is 5.98. The molecule has 0 radical (unpaired) electrons. The number of pyridine rings is 1. The zero-order chi connectivity index (χ0) is 19.3. The Morgan fingerprint density at radius 2 is 1.52 bits per heavy atom. The smallest absolute Gasteiger partial charge is 0.243 e. The molecule has 27 heavy (non-hydrogen) atoms. The number of halogens is 1. The quantitative estimate of drug-likeness (QED) is 0.614. The van der Waals surface area contributed by atoms with E-state index in [0.29, 0.717) is 0 Å². The molecule has 1 aromatic heterocycles. The summed E-state index contributed by atoms with van der Waals surface area (Å²) in [5.41, 5.74) is 2.87. The van der Waals surface area contributed by atoms with Gasteiger partial charge < -0.3 is 0 Å². The molecule has 0 spiro atoms. The van der Waals surface area contributed by atoms with E-state index >= 15 is 0 Å². The summed E-state index contributed by atoms with van der Waals surface area (Å²) in [6.07, 6.45) is 4.21. The van der Waals surface area contributed by atoms with Crippen LogP contribution in [0.25, 0.3) is 0 Å². The average molecular weight is 384 g/mol. The van der Waals surface area contributed by atoms with Gasteiger partial charge in [0.2, 0.25) is 10.0 Å². The Bertz CT molecular complexity index is 973. The minimum absolute atomic E-state index is 0.0676. The van der Waals surface area contributed by atoms with Gasteiger partial charge in [-0.3, -0.25) is 4.98 Å². The second-order valence-electron chi connectivity index (χ2n) is 6.26. The molecule has 140 valence electrons. The summed E-state index contributed by atoms with van der Waals surface area (Å²) in [5, 5.41) is 0. The number of hydrogen-bond acceptors (Lipinski definition) is 3. The van der Waals surface area contributed by atoms with E-state index in [2.05, 4.69) is 11.9 Å². The molecule has 0 N–H and O–H groups in total. The minimum Gasteiger partial charge on any atom is -0.264 e. The summed E-state index contributed by atoms with van der Waals surface area (Å²) in [6.45, 7) is 2.48. The summed E-state index contributed by atoms with van der Waals surface area (Å²) in [6, 6.07) is 16.4. The number of rotatable bonds is 7. The molecule has 0 unspecified atom stereocenters. The topological polar surface area (TPSA) is 50.3 Å². The van der Waals surface area contributed by atoms with Gasteiger partial charge in [0.1, 0.15) is 5.82 Å². The molecule has 3 rings (SSSR count). The summed E-state index contributed by atoms with van der Waals surface area (Å²) < 4.78 is 40.9. The zero-order valence-corrected chi connectivity index (χ0v) is 15.9. The van der Waals surface area contributed by atoms with E-state index in [9.17, 15) is 12.8 Å². The Balaban J connectivity index is 1.94. The minimum atomic E-state index is -3.79. The van der Waals surface area contributed by atoms with Crippen molar-refractivity contribution in [1.29, 1.82) is 0 Å². The van der Waals surface area contributed by atoms with E-state index in [1.807, 2.05) is 30.3 Å². The van der Waals surface area contributed by atoms with Gasteiger partial charge in [0, 0.05) is 25.5 Å². The first kappa shape index (κ1) is 19.2. The summed E-state index contributed by atoms with van der Waals surface area (Å²) in [7, 11) is -3.79. The molecule has 1 heterocycles. The van der Waals surface area contributed by atoms with Gasteiger partial charge in [0.15, 0.2) is 0 Å². The highest BCUT2D eigenvalue weighted by atomic mass is 32.2. The lowest BCUT2D eigenvalue weighted by Crippen LogP contribution is -2.30. The molecule has 6 heteroatoms. The highest BCUT2D eigenvalue weighted by Gasteiger charge is 2.25. The van der Waals surface area contributed by atoms with Crippen molar-refractivity contribution in [3.05, 3.63) is 95.6 Å². The van der Waals surface area contributed by atoms with Gasteiger partial charge in [-0.15, -0.1) is 0 Å². The molecule has 2 aromatic carbocycles. The highest BCUT2D eigenvalue weighted by Crippen LogP contribution is 2.21. The maximum Gasteiger partial charge on any atom is 0.243 e. The van der Waals surface area contributed by atoms with Crippen LogP contribution in [0.2, 0.25) is 0 Å². The number of aromatic nitrogens is 1. The summed E-state index contributed by atoms with van der Waals surface area (Å²) >= 11 is 0. The van der Waals surface area contributed by atoms with Crippen molar-refractivity contribution in [3.8, 4) is 0 Å². The second kappa shape index (κ2) is 8.41. The number of hydrogen-bond donors (Lipinski definition) is 0. The molecule has 0 bridgehead atoms. The van der Waals surface area contributed by atoms with Gasteiger partial charge in [-0.25, -0.2) is 12.8 Å². The van der Waals surface area contributed by atoms with Crippen LogP contribution in [-0.2, 0) is 29.5 Å². The van der Waals surface area contributed by atoms with Crippen LogP contribution in [0.15, 0.2) is 78.0 Å². The van der Waals surface area contributed by atoms with Crippen LogP contribution in [0.3, 0.4) is 0 Å². The molecule has 4 nitrogen and oxygen atoms in total. The fourth-order valence-corrected chi connectivity index (χ4v) is 4.18.